The number of benzene rings is 1. The maximum Gasteiger partial charge on any atom is 0.0608 e. The molecule has 0 aromatic heterocycles. The standard InChI is InChI=1S/C14H22N2O/c1-2-6-14(7-3-1)8-4-5-9-15-16-10-12-17-13-11-16/h1-3,6-7,15H,4-5,8-13H2. The molecule has 1 fully saturated rings. The van der Waals surface area contributed by atoms with Crippen molar-refractivity contribution in [3.8, 4) is 0 Å². The Morgan fingerprint density at radius 1 is 1.06 bits per heavy atom. The number of hydrazine groups is 1. The van der Waals surface area contributed by atoms with Gasteiger partial charge in [0.2, 0.25) is 0 Å². The third-order valence-electron chi connectivity index (χ3n) is 3.08. The summed E-state index contributed by atoms with van der Waals surface area (Å²) in [5, 5.41) is 2.27. The van der Waals surface area contributed by atoms with Crippen LogP contribution in [0.25, 0.3) is 0 Å². The summed E-state index contributed by atoms with van der Waals surface area (Å²) >= 11 is 0. The van der Waals surface area contributed by atoms with Crippen LogP contribution in [0.15, 0.2) is 30.3 Å². The first-order chi connectivity index (χ1) is 8.45. The molecule has 0 radical (unpaired) electrons. The molecule has 1 N–H and O–H groups in total. The van der Waals surface area contributed by atoms with Crippen molar-refractivity contribution >= 4 is 0 Å². The highest BCUT2D eigenvalue weighted by molar-refractivity contribution is 5.14. The summed E-state index contributed by atoms with van der Waals surface area (Å²) < 4.78 is 5.30. The number of unbranched alkanes of at least 4 members (excludes halogenated alkanes) is 1. The first-order valence-electron chi connectivity index (χ1n) is 6.55. The van der Waals surface area contributed by atoms with Gasteiger partial charge in [-0.2, -0.15) is 0 Å². The molecule has 1 heterocycles. The van der Waals surface area contributed by atoms with E-state index in [-0.39, 0.29) is 0 Å². The predicted molar refractivity (Wildman–Crippen MR) is 69.8 cm³/mol. The summed E-state index contributed by atoms with van der Waals surface area (Å²) in [5.41, 5.74) is 4.90. The lowest BCUT2D eigenvalue weighted by molar-refractivity contribution is 0.0119. The van der Waals surface area contributed by atoms with Gasteiger partial charge >= 0.3 is 0 Å². The topological polar surface area (TPSA) is 24.5 Å². The van der Waals surface area contributed by atoms with Crippen LogP contribution in [0.4, 0.5) is 0 Å². The molecule has 1 aromatic rings. The zero-order chi connectivity index (χ0) is 11.8. The van der Waals surface area contributed by atoms with E-state index in [1.54, 1.807) is 0 Å². The summed E-state index contributed by atoms with van der Waals surface area (Å²) in [6.07, 6.45) is 3.67. The number of rotatable bonds is 6. The van der Waals surface area contributed by atoms with Crippen molar-refractivity contribution in [2.45, 2.75) is 19.3 Å². The maximum atomic E-state index is 5.30. The third kappa shape index (κ3) is 4.86. The Morgan fingerprint density at radius 2 is 1.82 bits per heavy atom. The normalized spacial score (nSPS) is 17.2. The third-order valence-corrected chi connectivity index (χ3v) is 3.08. The second-order valence-electron chi connectivity index (χ2n) is 4.45. The maximum absolute atomic E-state index is 5.30. The van der Waals surface area contributed by atoms with Gasteiger partial charge in [0, 0.05) is 19.6 Å². The van der Waals surface area contributed by atoms with Crippen molar-refractivity contribution in [2.24, 2.45) is 0 Å². The van der Waals surface area contributed by atoms with Crippen LogP contribution in [-0.4, -0.2) is 37.9 Å². The largest absolute Gasteiger partial charge is 0.379 e. The minimum absolute atomic E-state index is 0.858. The first-order valence-corrected chi connectivity index (χ1v) is 6.55. The number of aryl methyl sites for hydroxylation is 1. The van der Waals surface area contributed by atoms with Crippen LogP contribution < -0.4 is 5.43 Å². The van der Waals surface area contributed by atoms with Gasteiger partial charge < -0.3 is 4.74 Å². The molecular weight excluding hydrogens is 212 g/mol. The van der Waals surface area contributed by atoms with Gasteiger partial charge in [-0.15, -0.1) is 0 Å². The molecule has 0 aliphatic carbocycles. The second kappa shape index (κ2) is 7.43. The van der Waals surface area contributed by atoms with E-state index in [1.807, 2.05) is 0 Å². The summed E-state index contributed by atoms with van der Waals surface area (Å²) in [7, 11) is 0. The van der Waals surface area contributed by atoms with Gasteiger partial charge in [-0.05, 0) is 24.8 Å². The van der Waals surface area contributed by atoms with E-state index < -0.39 is 0 Å². The van der Waals surface area contributed by atoms with Crippen LogP contribution in [-0.2, 0) is 11.2 Å². The number of ether oxygens (including phenoxy) is 1. The molecule has 94 valence electrons. The molecule has 2 rings (SSSR count). The first kappa shape index (κ1) is 12.6. The van der Waals surface area contributed by atoms with Crippen molar-refractivity contribution in [3.05, 3.63) is 35.9 Å². The van der Waals surface area contributed by atoms with E-state index in [1.165, 1.54) is 24.8 Å². The fraction of sp³-hybridized carbons (Fsp3) is 0.571. The number of hydrogen-bond donors (Lipinski definition) is 1. The van der Waals surface area contributed by atoms with E-state index in [0.29, 0.717) is 0 Å². The molecule has 0 saturated carbocycles. The number of hydrogen-bond acceptors (Lipinski definition) is 3. The van der Waals surface area contributed by atoms with E-state index >= 15 is 0 Å². The zero-order valence-corrected chi connectivity index (χ0v) is 10.4. The van der Waals surface area contributed by atoms with E-state index in [0.717, 1.165) is 32.8 Å². The molecule has 0 unspecified atom stereocenters. The van der Waals surface area contributed by atoms with E-state index in [4.69, 9.17) is 4.74 Å². The fourth-order valence-corrected chi connectivity index (χ4v) is 2.06. The summed E-state index contributed by atoms with van der Waals surface area (Å²) in [6.45, 7) is 4.82. The lowest BCUT2D eigenvalue weighted by Gasteiger charge is -2.27. The van der Waals surface area contributed by atoms with Crippen LogP contribution in [0.1, 0.15) is 18.4 Å². The molecule has 17 heavy (non-hydrogen) atoms. The summed E-state index contributed by atoms with van der Waals surface area (Å²) in [5.74, 6) is 0. The predicted octanol–water partition coefficient (Wildman–Crippen LogP) is 1.85. The highest BCUT2D eigenvalue weighted by Gasteiger charge is 2.08. The van der Waals surface area contributed by atoms with Crippen molar-refractivity contribution in [2.75, 3.05) is 32.8 Å². The van der Waals surface area contributed by atoms with Crippen molar-refractivity contribution in [3.63, 3.8) is 0 Å². The Morgan fingerprint density at radius 3 is 2.59 bits per heavy atom. The van der Waals surface area contributed by atoms with Crippen LogP contribution in [0.3, 0.4) is 0 Å². The van der Waals surface area contributed by atoms with Crippen molar-refractivity contribution in [1.29, 1.82) is 0 Å². The van der Waals surface area contributed by atoms with E-state index in [2.05, 4.69) is 40.8 Å². The van der Waals surface area contributed by atoms with Crippen LogP contribution in [0.2, 0.25) is 0 Å². The summed E-state index contributed by atoms with van der Waals surface area (Å²) in [6, 6.07) is 10.7. The number of morpholine rings is 1. The van der Waals surface area contributed by atoms with Crippen LogP contribution in [0.5, 0.6) is 0 Å². The van der Waals surface area contributed by atoms with Gasteiger partial charge in [0.05, 0.1) is 13.2 Å². The lowest BCUT2D eigenvalue weighted by Crippen LogP contribution is -2.46. The molecule has 0 amide bonds. The highest BCUT2D eigenvalue weighted by atomic mass is 16.5. The Labute approximate surface area is 104 Å². The van der Waals surface area contributed by atoms with Crippen LogP contribution >= 0.6 is 0 Å². The molecule has 0 bridgehead atoms. The molecule has 1 aromatic carbocycles. The number of nitrogens with zero attached hydrogens (tertiary/aromatic N) is 1. The smallest absolute Gasteiger partial charge is 0.0608 e. The molecule has 3 heteroatoms. The van der Waals surface area contributed by atoms with Gasteiger partial charge in [-0.25, -0.2) is 5.01 Å². The molecule has 0 atom stereocenters. The van der Waals surface area contributed by atoms with E-state index in [9.17, 15) is 0 Å². The average Bonchev–Trinajstić information content (AvgIpc) is 2.41. The minimum atomic E-state index is 0.858. The Kier molecular flexibility index (Phi) is 5.49. The second-order valence-corrected chi connectivity index (χ2v) is 4.45. The molecule has 0 spiro atoms. The number of nitrogens with one attached hydrogen (secondary N) is 1. The van der Waals surface area contributed by atoms with Gasteiger partial charge in [0.25, 0.3) is 0 Å². The zero-order valence-electron chi connectivity index (χ0n) is 10.4. The van der Waals surface area contributed by atoms with Gasteiger partial charge in [-0.1, -0.05) is 30.3 Å². The Hall–Kier alpha value is -0.900. The molecule has 3 nitrogen and oxygen atoms in total. The molecular formula is C14H22N2O. The SMILES string of the molecule is c1ccc(CCCCNN2CCOCC2)cc1. The van der Waals surface area contributed by atoms with Crippen molar-refractivity contribution in [1.82, 2.24) is 10.4 Å². The van der Waals surface area contributed by atoms with Crippen molar-refractivity contribution < 1.29 is 4.74 Å². The lowest BCUT2D eigenvalue weighted by atomic mass is 10.1. The minimum Gasteiger partial charge on any atom is -0.379 e. The molecule has 1 saturated heterocycles. The van der Waals surface area contributed by atoms with Gasteiger partial charge in [0.15, 0.2) is 0 Å². The molecule has 1 aliphatic rings. The highest BCUT2D eigenvalue weighted by Crippen LogP contribution is 2.04. The average molecular weight is 234 g/mol. The fourth-order valence-electron chi connectivity index (χ4n) is 2.06. The molecule has 1 aliphatic heterocycles. The monoisotopic (exact) mass is 234 g/mol. The van der Waals surface area contributed by atoms with Gasteiger partial charge in [-0.3, -0.25) is 5.43 Å². The Balaban J connectivity index is 1.51. The Bertz CT molecular complexity index is 296. The van der Waals surface area contributed by atoms with Crippen LogP contribution in [0, 0.1) is 0 Å². The summed E-state index contributed by atoms with van der Waals surface area (Å²) in [4.78, 5) is 0. The van der Waals surface area contributed by atoms with Gasteiger partial charge in [0.1, 0.15) is 0 Å². The quantitative estimate of drug-likeness (QED) is 0.760.